The standard InChI is InChI=1S/C22H27N3O4/c1-27-10-2-11-28-20-13-15(4-8-21(26)25-22(23)24)3-6-18(20)16-5-7-19-17(14-16)9-12-29-19/h3,5-7,13-14H,2,4,8-12H2,1H3,(H4,23,24,25,26). The van der Waals surface area contributed by atoms with Gasteiger partial charge < -0.3 is 19.9 Å². The van der Waals surface area contributed by atoms with Crippen molar-refractivity contribution in [2.45, 2.75) is 25.7 Å². The Morgan fingerprint density at radius 2 is 2.10 bits per heavy atom. The summed E-state index contributed by atoms with van der Waals surface area (Å²) in [6, 6.07) is 12.2. The molecule has 0 saturated heterocycles. The molecule has 0 spiro atoms. The fourth-order valence-electron chi connectivity index (χ4n) is 3.29. The van der Waals surface area contributed by atoms with E-state index in [2.05, 4.69) is 11.4 Å². The molecule has 2 aromatic rings. The van der Waals surface area contributed by atoms with E-state index in [0.717, 1.165) is 47.6 Å². The van der Waals surface area contributed by atoms with Gasteiger partial charge >= 0.3 is 0 Å². The minimum absolute atomic E-state index is 0.248. The lowest BCUT2D eigenvalue weighted by atomic mass is 9.98. The van der Waals surface area contributed by atoms with E-state index in [4.69, 9.17) is 25.4 Å². The van der Waals surface area contributed by atoms with Crippen LogP contribution in [-0.2, 0) is 22.4 Å². The Balaban J connectivity index is 1.79. The molecule has 1 aliphatic heterocycles. The molecule has 0 saturated carbocycles. The van der Waals surface area contributed by atoms with Crippen LogP contribution in [0.3, 0.4) is 0 Å². The van der Waals surface area contributed by atoms with E-state index in [0.29, 0.717) is 19.6 Å². The predicted molar refractivity (Wildman–Crippen MR) is 111 cm³/mol. The molecule has 3 rings (SSSR count). The molecule has 1 heterocycles. The molecule has 0 aromatic heterocycles. The van der Waals surface area contributed by atoms with Crippen LogP contribution in [0, 0.1) is 5.41 Å². The summed E-state index contributed by atoms with van der Waals surface area (Å²) in [4.78, 5) is 11.8. The number of rotatable bonds is 9. The lowest BCUT2D eigenvalue weighted by molar-refractivity contribution is -0.119. The summed E-state index contributed by atoms with van der Waals surface area (Å²) in [6.07, 6.45) is 2.49. The first-order valence-corrected chi connectivity index (χ1v) is 9.71. The first-order chi connectivity index (χ1) is 14.1. The van der Waals surface area contributed by atoms with Crippen LogP contribution < -0.4 is 20.5 Å². The number of hydrogen-bond acceptors (Lipinski definition) is 5. The van der Waals surface area contributed by atoms with Gasteiger partial charge in [-0.15, -0.1) is 0 Å². The number of amides is 1. The number of hydrogen-bond donors (Lipinski definition) is 3. The van der Waals surface area contributed by atoms with Crippen molar-refractivity contribution in [1.29, 1.82) is 5.41 Å². The van der Waals surface area contributed by atoms with E-state index >= 15 is 0 Å². The molecule has 1 aliphatic rings. The Kier molecular flexibility index (Phi) is 7.08. The van der Waals surface area contributed by atoms with Crippen molar-refractivity contribution >= 4 is 11.9 Å². The van der Waals surface area contributed by atoms with Gasteiger partial charge in [0.1, 0.15) is 11.5 Å². The maximum atomic E-state index is 11.8. The van der Waals surface area contributed by atoms with Gasteiger partial charge in [-0.1, -0.05) is 18.2 Å². The molecule has 29 heavy (non-hydrogen) atoms. The van der Waals surface area contributed by atoms with Gasteiger partial charge in [-0.3, -0.25) is 15.5 Å². The number of nitrogens with two attached hydrogens (primary N) is 1. The van der Waals surface area contributed by atoms with Crippen molar-refractivity contribution in [2.75, 3.05) is 26.9 Å². The molecule has 2 aromatic carbocycles. The van der Waals surface area contributed by atoms with Crippen LogP contribution in [0.5, 0.6) is 11.5 Å². The lowest BCUT2D eigenvalue weighted by Gasteiger charge is -2.14. The van der Waals surface area contributed by atoms with Crippen LogP contribution in [0.15, 0.2) is 36.4 Å². The highest BCUT2D eigenvalue weighted by Gasteiger charge is 2.15. The number of ether oxygens (including phenoxy) is 3. The van der Waals surface area contributed by atoms with Crippen LogP contribution >= 0.6 is 0 Å². The van der Waals surface area contributed by atoms with Crippen molar-refractivity contribution in [3.63, 3.8) is 0 Å². The zero-order valence-corrected chi connectivity index (χ0v) is 16.6. The highest BCUT2D eigenvalue weighted by Crippen LogP contribution is 2.35. The van der Waals surface area contributed by atoms with Gasteiger partial charge in [-0.05, 0) is 41.3 Å². The fraction of sp³-hybridized carbons (Fsp3) is 0.364. The van der Waals surface area contributed by atoms with E-state index in [1.54, 1.807) is 7.11 Å². The largest absolute Gasteiger partial charge is 0.493 e. The van der Waals surface area contributed by atoms with Crippen molar-refractivity contribution in [1.82, 2.24) is 5.32 Å². The number of aryl methyl sites for hydroxylation is 1. The van der Waals surface area contributed by atoms with Gasteiger partial charge in [-0.25, -0.2) is 0 Å². The molecule has 154 valence electrons. The number of methoxy groups -OCH3 is 1. The molecule has 1 amide bonds. The zero-order chi connectivity index (χ0) is 20.6. The number of fused-ring (bicyclic) bond motifs is 1. The zero-order valence-electron chi connectivity index (χ0n) is 16.6. The first-order valence-electron chi connectivity index (χ1n) is 9.71. The average Bonchev–Trinajstić information content (AvgIpc) is 3.17. The third kappa shape index (κ3) is 5.71. The molecule has 7 heteroatoms. The monoisotopic (exact) mass is 397 g/mol. The summed E-state index contributed by atoms with van der Waals surface area (Å²) in [5.74, 6) is 1.12. The molecule has 7 nitrogen and oxygen atoms in total. The summed E-state index contributed by atoms with van der Waals surface area (Å²) in [6.45, 7) is 1.90. The van der Waals surface area contributed by atoms with Gasteiger partial charge in [0.05, 0.1) is 13.2 Å². The molecule has 0 unspecified atom stereocenters. The Labute approximate surface area is 170 Å². The molecule has 0 bridgehead atoms. The highest BCUT2D eigenvalue weighted by atomic mass is 16.5. The van der Waals surface area contributed by atoms with Crippen molar-refractivity contribution < 1.29 is 19.0 Å². The predicted octanol–water partition coefficient (Wildman–Crippen LogP) is 2.65. The maximum absolute atomic E-state index is 11.8. The summed E-state index contributed by atoms with van der Waals surface area (Å²) in [5, 5.41) is 9.44. The van der Waals surface area contributed by atoms with E-state index < -0.39 is 0 Å². The van der Waals surface area contributed by atoms with Crippen LogP contribution in [-0.4, -0.2) is 38.8 Å². The smallest absolute Gasteiger partial charge is 0.226 e. The number of benzene rings is 2. The van der Waals surface area contributed by atoms with Crippen LogP contribution in [0.1, 0.15) is 24.0 Å². The van der Waals surface area contributed by atoms with Crippen LogP contribution in [0.2, 0.25) is 0 Å². The molecular weight excluding hydrogens is 370 g/mol. The van der Waals surface area contributed by atoms with E-state index in [1.807, 2.05) is 30.3 Å². The molecule has 0 fully saturated rings. The van der Waals surface area contributed by atoms with Crippen molar-refractivity contribution in [3.05, 3.63) is 47.5 Å². The highest BCUT2D eigenvalue weighted by molar-refractivity contribution is 5.94. The first kappa shape index (κ1) is 20.7. The number of carbonyl (C=O) groups is 1. The maximum Gasteiger partial charge on any atom is 0.226 e. The Morgan fingerprint density at radius 3 is 2.90 bits per heavy atom. The number of carbonyl (C=O) groups excluding carboxylic acids is 1. The van der Waals surface area contributed by atoms with Gasteiger partial charge in [0.15, 0.2) is 5.96 Å². The SMILES string of the molecule is COCCCOc1cc(CCC(=O)NC(=N)N)ccc1-c1ccc2c(c1)CCO2. The Hall–Kier alpha value is -3.06. The molecular formula is C22H27N3O4. The van der Waals surface area contributed by atoms with Crippen LogP contribution in [0.4, 0.5) is 0 Å². The summed E-state index contributed by atoms with van der Waals surface area (Å²) in [7, 11) is 1.67. The second-order valence-corrected chi connectivity index (χ2v) is 6.91. The molecule has 0 radical (unpaired) electrons. The Morgan fingerprint density at radius 1 is 1.24 bits per heavy atom. The topological polar surface area (TPSA) is 107 Å². The number of nitrogens with one attached hydrogen (secondary N) is 2. The molecule has 0 atom stereocenters. The average molecular weight is 397 g/mol. The van der Waals surface area contributed by atoms with Crippen LogP contribution in [0.25, 0.3) is 11.1 Å². The fourth-order valence-corrected chi connectivity index (χ4v) is 3.29. The minimum atomic E-state index is -0.340. The van der Waals surface area contributed by atoms with E-state index in [1.165, 1.54) is 5.56 Å². The van der Waals surface area contributed by atoms with E-state index in [-0.39, 0.29) is 18.3 Å². The quantitative estimate of drug-likeness (QED) is 0.343. The number of guanidine groups is 1. The van der Waals surface area contributed by atoms with Gasteiger partial charge in [0, 0.05) is 38.5 Å². The lowest BCUT2D eigenvalue weighted by Crippen LogP contribution is -2.35. The molecule has 4 N–H and O–H groups in total. The third-order valence-corrected chi connectivity index (χ3v) is 4.71. The Bertz CT molecular complexity index is 882. The summed E-state index contributed by atoms with van der Waals surface area (Å²) >= 11 is 0. The second-order valence-electron chi connectivity index (χ2n) is 6.91. The van der Waals surface area contributed by atoms with Crippen molar-refractivity contribution in [2.24, 2.45) is 5.73 Å². The van der Waals surface area contributed by atoms with Gasteiger partial charge in [0.2, 0.25) is 5.91 Å². The second kappa shape index (κ2) is 9.93. The summed E-state index contributed by atoms with van der Waals surface area (Å²) < 4.78 is 16.8. The summed E-state index contributed by atoms with van der Waals surface area (Å²) in [5.41, 5.74) is 9.48. The van der Waals surface area contributed by atoms with E-state index in [9.17, 15) is 4.79 Å². The van der Waals surface area contributed by atoms with Gasteiger partial charge in [-0.2, -0.15) is 0 Å². The normalized spacial score (nSPS) is 12.2. The van der Waals surface area contributed by atoms with Crippen molar-refractivity contribution in [3.8, 4) is 22.6 Å². The minimum Gasteiger partial charge on any atom is -0.493 e. The molecule has 0 aliphatic carbocycles. The van der Waals surface area contributed by atoms with Gasteiger partial charge in [0.25, 0.3) is 0 Å². The third-order valence-electron chi connectivity index (χ3n) is 4.71.